The van der Waals surface area contributed by atoms with E-state index < -0.39 is 35.8 Å². The van der Waals surface area contributed by atoms with Crippen LogP contribution in [0.25, 0.3) is 0 Å². The molecule has 2 unspecified atom stereocenters. The van der Waals surface area contributed by atoms with Crippen LogP contribution in [0.3, 0.4) is 0 Å². The maximum absolute atomic E-state index is 14.6. The van der Waals surface area contributed by atoms with E-state index in [2.05, 4.69) is 15.3 Å². The zero-order valence-corrected chi connectivity index (χ0v) is 19.5. The topological polar surface area (TPSA) is 76.0 Å². The van der Waals surface area contributed by atoms with Gasteiger partial charge in [-0.05, 0) is 12.1 Å². The Morgan fingerprint density at radius 2 is 2.24 bits per heavy atom. The highest BCUT2D eigenvalue weighted by atomic mass is 35.5. The number of ether oxygens (including phenoxy) is 2. The molecule has 1 aromatic carbocycles. The van der Waals surface area contributed by atoms with Gasteiger partial charge in [-0.25, -0.2) is 22.9 Å². The highest BCUT2D eigenvalue weighted by molar-refractivity contribution is 7.11. The number of hydrogen-bond acceptors (Lipinski definition) is 8. The highest BCUT2D eigenvalue weighted by Gasteiger charge is 2.56. The molecule has 2 saturated heterocycles. The van der Waals surface area contributed by atoms with Gasteiger partial charge in [-0.3, -0.25) is 9.89 Å². The monoisotopic (exact) mass is 512 g/mol. The quantitative estimate of drug-likeness (QED) is 0.617. The molecule has 1 aromatic heterocycles. The van der Waals surface area contributed by atoms with Crippen molar-refractivity contribution in [1.29, 1.82) is 0 Å². The van der Waals surface area contributed by atoms with Crippen molar-refractivity contribution in [3.63, 3.8) is 0 Å². The van der Waals surface area contributed by atoms with Crippen molar-refractivity contribution in [3.05, 3.63) is 62.5 Å². The second-order valence-corrected chi connectivity index (χ2v) is 9.54. The fraction of sp³-hybridized carbons (Fsp3) is 0.409. The average molecular weight is 513 g/mol. The van der Waals surface area contributed by atoms with Crippen molar-refractivity contribution in [2.24, 2.45) is 4.99 Å². The number of thiazole rings is 1. The summed E-state index contributed by atoms with van der Waals surface area (Å²) in [5, 5.41) is 5.51. The van der Waals surface area contributed by atoms with Gasteiger partial charge in [0.15, 0.2) is 10.8 Å². The minimum atomic E-state index is -2.91. The number of fused-ring (bicyclic) bond motifs is 2. The number of benzene rings is 1. The number of methoxy groups -OCH3 is 1. The number of esters is 1. The number of morpholine rings is 1. The van der Waals surface area contributed by atoms with Crippen LogP contribution in [-0.4, -0.2) is 66.6 Å². The molecule has 2 bridgehead atoms. The summed E-state index contributed by atoms with van der Waals surface area (Å²) in [4.78, 5) is 23.6. The molecule has 0 aliphatic carbocycles. The summed E-state index contributed by atoms with van der Waals surface area (Å²) >= 11 is 7.66. The van der Waals surface area contributed by atoms with Gasteiger partial charge in [-0.15, -0.1) is 11.3 Å². The first-order chi connectivity index (χ1) is 16.3. The van der Waals surface area contributed by atoms with E-state index in [0.717, 1.165) is 6.07 Å². The van der Waals surface area contributed by atoms with Crippen LogP contribution in [0.1, 0.15) is 23.0 Å². The van der Waals surface area contributed by atoms with Gasteiger partial charge in [-0.2, -0.15) is 0 Å². The van der Waals surface area contributed by atoms with Crippen molar-refractivity contribution >= 4 is 34.7 Å². The number of carbonyl (C=O) groups excluding carboxylic acids is 1. The fourth-order valence-electron chi connectivity index (χ4n) is 4.64. The molecule has 2 aromatic rings. The number of nitrogens with zero attached hydrogens (tertiary/aromatic N) is 3. The van der Waals surface area contributed by atoms with Crippen LogP contribution in [-0.2, 0) is 14.3 Å². The molecule has 3 aliphatic rings. The van der Waals surface area contributed by atoms with Crippen molar-refractivity contribution in [2.45, 2.75) is 30.5 Å². The molecule has 0 radical (unpaired) electrons. The summed E-state index contributed by atoms with van der Waals surface area (Å²) < 4.78 is 53.4. The SMILES string of the molecule is COC(=O)C1=C(CN2C3COCC2C(F)(F)C3)NC(c2nccs2)=N[C@H]1c1ccc(F)cc1Cl. The number of halogens is 4. The molecule has 12 heteroatoms. The lowest BCUT2D eigenvalue weighted by atomic mass is 9.95. The third-order valence-corrected chi connectivity index (χ3v) is 7.32. The van der Waals surface area contributed by atoms with Crippen LogP contribution in [0.5, 0.6) is 0 Å². The van der Waals surface area contributed by atoms with Crippen LogP contribution < -0.4 is 5.32 Å². The molecule has 3 aliphatic heterocycles. The molecule has 0 spiro atoms. The van der Waals surface area contributed by atoms with Gasteiger partial charge in [0.1, 0.15) is 11.9 Å². The number of alkyl halides is 2. The van der Waals surface area contributed by atoms with Crippen LogP contribution in [0, 0.1) is 5.82 Å². The Hall–Kier alpha value is -2.47. The average Bonchev–Trinajstić information content (AvgIpc) is 3.37. The zero-order chi connectivity index (χ0) is 24.0. The van der Waals surface area contributed by atoms with E-state index >= 15 is 0 Å². The van der Waals surface area contributed by atoms with E-state index in [1.54, 1.807) is 16.5 Å². The molecule has 0 saturated carbocycles. The van der Waals surface area contributed by atoms with E-state index in [0.29, 0.717) is 22.1 Å². The van der Waals surface area contributed by atoms with Crippen molar-refractivity contribution in [1.82, 2.24) is 15.2 Å². The van der Waals surface area contributed by atoms with Gasteiger partial charge >= 0.3 is 5.97 Å². The van der Waals surface area contributed by atoms with Crippen LogP contribution in [0.15, 0.2) is 46.0 Å². The molecule has 4 heterocycles. The first kappa shape index (κ1) is 23.3. The number of aliphatic imine (C=N–C) groups is 1. The maximum atomic E-state index is 14.6. The largest absolute Gasteiger partial charge is 0.466 e. The number of rotatable bonds is 5. The van der Waals surface area contributed by atoms with E-state index in [4.69, 9.17) is 21.1 Å². The molecule has 34 heavy (non-hydrogen) atoms. The highest BCUT2D eigenvalue weighted by Crippen LogP contribution is 2.43. The van der Waals surface area contributed by atoms with Crippen molar-refractivity contribution in [3.8, 4) is 0 Å². The van der Waals surface area contributed by atoms with Gasteiger partial charge in [0.2, 0.25) is 0 Å². The van der Waals surface area contributed by atoms with Gasteiger partial charge in [-0.1, -0.05) is 17.7 Å². The number of amidine groups is 1. The molecular weight excluding hydrogens is 493 g/mol. The summed E-state index contributed by atoms with van der Waals surface area (Å²) in [6.45, 7) is 0.0803. The first-order valence-corrected chi connectivity index (χ1v) is 11.8. The number of nitrogens with one attached hydrogen (secondary N) is 1. The summed E-state index contributed by atoms with van der Waals surface area (Å²) in [5.41, 5.74) is 0.851. The third-order valence-electron chi connectivity index (χ3n) is 6.21. The molecule has 7 nitrogen and oxygen atoms in total. The molecular formula is C22H20ClF3N4O3S. The lowest BCUT2D eigenvalue weighted by Gasteiger charge is -2.37. The smallest absolute Gasteiger partial charge is 0.338 e. The Morgan fingerprint density at radius 3 is 2.91 bits per heavy atom. The van der Waals surface area contributed by atoms with E-state index in [9.17, 15) is 18.0 Å². The number of hydrogen-bond donors (Lipinski definition) is 1. The molecule has 180 valence electrons. The van der Waals surface area contributed by atoms with E-state index in [-0.39, 0.29) is 36.8 Å². The minimum absolute atomic E-state index is 0.0123. The third kappa shape index (κ3) is 4.10. The van der Waals surface area contributed by atoms with Crippen LogP contribution in [0.4, 0.5) is 13.2 Å². The van der Waals surface area contributed by atoms with Crippen molar-refractivity contribution < 1.29 is 27.4 Å². The fourth-order valence-corrected chi connectivity index (χ4v) is 5.50. The Labute approximate surface area is 202 Å². The molecule has 0 amide bonds. The van der Waals surface area contributed by atoms with Gasteiger partial charge in [0, 0.05) is 46.9 Å². The van der Waals surface area contributed by atoms with Crippen molar-refractivity contribution in [2.75, 3.05) is 26.9 Å². The summed E-state index contributed by atoms with van der Waals surface area (Å²) in [6.07, 6.45) is 1.28. The standard InChI is InChI=1S/C22H20ClF3N4O3S/c1-32-21(31)17-15(8-30-12-7-22(25,26)16(30)10-33-9-12)28-19(20-27-4-5-34-20)29-18(17)13-3-2-11(24)6-14(13)23/h2-6,12,16,18H,7-10H2,1H3,(H,28,29)/t12?,16?,18-/m0/s1. The zero-order valence-electron chi connectivity index (χ0n) is 17.9. The van der Waals surface area contributed by atoms with Crippen LogP contribution in [0.2, 0.25) is 5.02 Å². The maximum Gasteiger partial charge on any atom is 0.338 e. The first-order valence-electron chi connectivity index (χ1n) is 10.5. The Balaban J connectivity index is 1.62. The molecule has 2 fully saturated rings. The van der Waals surface area contributed by atoms with Gasteiger partial charge in [0.25, 0.3) is 5.92 Å². The Bertz CT molecular complexity index is 1170. The normalized spacial score (nSPS) is 26.3. The second kappa shape index (κ2) is 8.95. The Morgan fingerprint density at radius 1 is 1.41 bits per heavy atom. The Kier molecular flexibility index (Phi) is 6.13. The van der Waals surface area contributed by atoms with E-state index in [1.165, 1.54) is 30.6 Å². The number of carbonyl (C=O) groups is 1. The lowest BCUT2D eigenvalue weighted by molar-refractivity contribution is -0.136. The van der Waals surface area contributed by atoms with Crippen LogP contribution >= 0.6 is 22.9 Å². The summed E-state index contributed by atoms with van der Waals surface area (Å²) in [5.74, 6) is -3.78. The molecule has 3 atom stereocenters. The minimum Gasteiger partial charge on any atom is -0.466 e. The molecule has 5 rings (SSSR count). The predicted octanol–water partition coefficient (Wildman–Crippen LogP) is 3.56. The summed E-state index contributed by atoms with van der Waals surface area (Å²) in [7, 11) is 1.23. The predicted molar refractivity (Wildman–Crippen MR) is 120 cm³/mol. The molecule has 1 N–H and O–H groups in total. The van der Waals surface area contributed by atoms with E-state index in [1.807, 2.05) is 0 Å². The second-order valence-electron chi connectivity index (χ2n) is 8.24. The van der Waals surface area contributed by atoms with Gasteiger partial charge < -0.3 is 14.8 Å². The number of aromatic nitrogens is 1. The van der Waals surface area contributed by atoms with Gasteiger partial charge in [0.05, 0.1) is 31.9 Å². The lowest BCUT2D eigenvalue weighted by Crippen LogP contribution is -2.52. The summed E-state index contributed by atoms with van der Waals surface area (Å²) in [6, 6.07) is 1.24.